The molecule has 1 aromatic carbocycles. The molecule has 2 aromatic heterocycles. The van der Waals surface area contributed by atoms with Crippen molar-refractivity contribution in [2.75, 3.05) is 5.32 Å². The number of hydrogen-bond acceptors (Lipinski definition) is 5. The predicted molar refractivity (Wildman–Crippen MR) is 109 cm³/mol. The van der Waals surface area contributed by atoms with E-state index in [0.29, 0.717) is 12.4 Å². The molecule has 0 aliphatic heterocycles. The molecular weight excluding hydrogens is 342 g/mol. The number of aryl methyl sites for hydroxylation is 1. The first kappa shape index (κ1) is 18.1. The first-order valence-electron chi connectivity index (χ1n) is 8.77. The van der Waals surface area contributed by atoms with Gasteiger partial charge in [-0.15, -0.1) is 11.3 Å². The number of benzene rings is 1. The van der Waals surface area contributed by atoms with Gasteiger partial charge in [0.1, 0.15) is 6.61 Å². The highest BCUT2D eigenvalue weighted by atomic mass is 32.1. The number of pyridine rings is 1. The molecule has 0 radical (unpaired) electrons. The van der Waals surface area contributed by atoms with Gasteiger partial charge in [0.25, 0.3) is 0 Å². The van der Waals surface area contributed by atoms with Gasteiger partial charge in [-0.1, -0.05) is 55.8 Å². The monoisotopic (exact) mass is 365 g/mol. The Labute approximate surface area is 158 Å². The quantitative estimate of drug-likeness (QED) is 0.533. The molecule has 5 heteroatoms. The molecular formula is C21H23N3OS. The van der Waals surface area contributed by atoms with Crippen LogP contribution in [-0.2, 0) is 6.61 Å². The van der Waals surface area contributed by atoms with E-state index in [1.807, 2.05) is 42.8 Å². The van der Waals surface area contributed by atoms with E-state index in [2.05, 4.69) is 46.5 Å². The van der Waals surface area contributed by atoms with E-state index in [4.69, 9.17) is 4.74 Å². The zero-order valence-corrected chi connectivity index (χ0v) is 15.9. The minimum atomic E-state index is 0.496. The Morgan fingerprint density at radius 2 is 2.08 bits per heavy atom. The molecule has 0 aliphatic rings. The number of nitrogens with zero attached hydrogens (tertiary/aromatic N) is 2. The molecule has 0 unspecified atom stereocenters. The van der Waals surface area contributed by atoms with E-state index >= 15 is 0 Å². The zero-order valence-electron chi connectivity index (χ0n) is 15.1. The van der Waals surface area contributed by atoms with Crippen molar-refractivity contribution in [1.29, 1.82) is 0 Å². The fourth-order valence-corrected chi connectivity index (χ4v) is 3.08. The van der Waals surface area contributed by atoms with Gasteiger partial charge in [0.05, 0.1) is 5.69 Å². The van der Waals surface area contributed by atoms with Crippen LogP contribution in [0.2, 0.25) is 0 Å². The zero-order chi connectivity index (χ0) is 18.2. The molecule has 0 bridgehead atoms. The summed E-state index contributed by atoms with van der Waals surface area (Å²) in [7, 11) is 0. The van der Waals surface area contributed by atoms with Crippen LogP contribution in [0.5, 0.6) is 5.75 Å². The van der Waals surface area contributed by atoms with Crippen molar-refractivity contribution in [2.45, 2.75) is 33.3 Å². The van der Waals surface area contributed by atoms with Crippen LogP contribution < -0.4 is 10.1 Å². The molecule has 134 valence electrons. The van der Waals surface area contributed by atoms with Gasteiger partial charge in [0.2, 0.25) is 0 Å². The Balaban J connectivity index is 1.81. The molecule has 26 heavy (non-hydrogen) atoms. The van der Waals surface area contributed by atoms with Gasteiger partial charge in [-0.25, -0.2) is 9.97 Å². The third-order valence-electron chi connectivity index (χ3n) is 3.72. The van der Waals surface area contributed by atoms with E-state index in [9.17, 15) is 0 Å². The van der Waals surface area contributed by atoms with Crippen molar-refractivity contribution in [1.82, 2.24) is 9.97 Å². The van der Waals surface area contributed by atoms with E-state index < -0.39 is 0 Å². The van der Waals surface area contributed by atoms with Gasteiger partial charge < -0.3 is 10.1 Å². The summed E-state index contributed by atoms with van der Waals surface area (Å²) >= 11 is 1.56. The Morgan fingerprint density at radius 3 is 2.81 bits per heavy atom. The lowest BCUT2D eigenvalue weighted by Gasteiger charge is -2.12. The minimum Gasteiger partial charge on any atom is -0.485 e. The first-order chi connectivity index (χ1) is 12.7. The summed E-state index contributed by atoms with van der Waals surface area (Å²) < 4.78 is 6.07. The number of nitrogens with one attached hydrogen (secondary N) is 1. The molecule has 1 N–H and O–H groups in total. The van der Waals surface area contributed by atoms with Crippen LogP contribution in [0.4, 0.5) is 10.9 Å². The molecule has 3 aromatic rings. The molecule has 4 nitrogen and oxygen atoms in total. The Hall–Kier alpha value is -2.66. The van der Waals surface area contributed by atoms with Gasteiger partial charge in [-0.2, -0.15) is 0 Å². The molecule has 0 spiro atoms. The second-order valence-corrected chi connectivity index (χ2v) is 6.86. The van der Waals surface area contributed by atoms with Crippen LogP contribution in [0, 0.1) is 6.92 Å². The Kier molecular flexibility index (Phi) is 6.39. The normalized spacial score (nSPS) is 11.0. The average Bonchev–Trinajstić information content (AvgIpc) is 3.07. The number of hydrogen-bond donors (Lipinski definition) is 1. The molecule has 0 atom stereocenters. The molecule has 0 saturated carbocycles. The highest BCUT2D eigenvalue weighted by Gasteiger charge is 2.09. The van der Waals surface area contributed by atoms with E-state index in [0.717, 1.165) is 40.5 Å². The summed E-state index contributed by atoms with van der Waals surface area (Å²) in [6, 6.07) is 12.1. The molecule has 0 aliphatic carbocycles. The lowest BCUT2D eigenvalue weighted by atomic mass is 10.2. The van der Waals surface area contributed by atoms with Crippen LogP contribution in [0.25, 0.3) is 6.08 Å². The number of anilines is 2. The van der Waals surface area contributed by atoms with Gasteiger partial charge >= 0.3 is 0 Å². The second-order valence-electron chi connectivity index (χ2n) is 6.00. The number of ether oxygens (including phenoxy) is 1. The van der Waals surface area contributed by atoms with Crippen molar-refractivity contribution in [2.24, 2.45) is 0 Å². The minimum absolute atomic E-state index is 0.496. The third-order valence-corrected chi connectivity index (χ3v) is 4.60. The number of aromatic nitrogens is 2. The van der Waals surface area contributed by atoms with Crippen LogP contribution in [-0.4, -0.2) is 9.97 Å². The lowest BCUT2D eigenvalue weighted by Crippen LogP contribution is -2.01. The number of thiazole rings is 1. The van der Waals surface area contributed by atoms with Gasteiger partial charge in [-0.3, -0.25) is 0 Å². The molecule has 0 amide bonds. The van der Waals surface area contributed by atoms with Crippen LogP contribution in [0.3, 0.4) is 0 Å². The largest absolute Gasteiger partial charge is 0.485 e. The fourth-order valence-electron chi connectivity index (χ4n) is 2.39. The molecule has 0 saturated heterocycles. The van der Waals surface area contributed by atoms with Crippen LogP contribution in [0.1, 0.15) is 36.6 Å². The number of unbranched alkanes of at least 4 members (excludes halogenated alkanes) is 1. The second kappa shape index (κ2) is 9.15. The molecule has 2 heterocycles. The lowest BCUT2D eigenvalue weighted by molar-refractivity contribution is 0.307. The van der Waals surface area contributed by atoms with Crippen molar-refractivity contribution in [3.05, 3.63) is 70.9 Å². The average molecular weight is 366 g/mol. The summed E-state index contributed by atoms with van der Waals surface area (Å²) in [4.78, 5) is 9.00. The topological polar surface area (TPSA) is 47.0 Å². The fraction of sp³-hybridized carbons (Fsp3) is 0.238. The standard InChI is InChI=1S/C21H23N3OS/c1-3-4-6-11-18-12-19(25-14-17-9-7-5-8-10-17)20(22-13-18)24-21-23-16(2)15-26-21/h5-13,15H,3-4,14H2,1-2H3,(H,22,23,24). The van der Waals surface area contributed by atoms with Crippen molar-refractivity contribution in [3.63, 3.8) is 0 Å². The predicted octanol–water partition coefficient (Wildman–Crippen LogP) is 5.98. The van der Waals surface area contributed by atoms with Gasteiger partial charge in [-0.05, 0) is 30.5 Å². The highest BCUT2D eigenvalue weighted by molar-refractivity contribution is 7.13. The summed E-state index contributed by atoms with van der Waals surface area (Å²) in [5, 5.41) is 6.09. The Bertz CT molecular complexity index is 859. The van der Waals surface area contributed by atoms with E-state index in [1.165, 1.54) is 0 Å². The van der Waals surface area contributed by atoms with Gasteiger partial charge in [0, 0.05) is 11.6 Å². The Morgan fingerprint density at radius 1 is 1.23 bits per heavy atom. The van der Waals surface area contributed by atoms with E-state index in [1.54, 1.807) is 11.3 Å². The maximum absolute atomic E-state index is 6.07. The number of rotatable bonds is 8. The van der Waals surface area contributed by atoms with Crippen molar-refractivity contribution < 1.29 is 4.74 Å². The van der Waals surface area contributed by atoms with Gasteiger partial charge in [0.15, 0.2) is 16.7 Å². The SMILES string of the molecule is CCCC=Cc1cnc(Nc2nc(C)cs2)c(OCc2ccccc2)c1. The van der Waals surface area contributed by atoms with Crippen molar-refractivity contribution >= 4 is 28.4 Å². The maximum atomic E-state index is 6.07. The smallest absolute Gasteiger partial charge is 0.188 e. The van der Waals surface area contributed by atoms with Crippen molar-refractivity contribution in [3.8, 4) is 5.75 Å². The summed E-state index contributed by atoms with van der Waals surface area (Å²) in [5.74, 6) is 1.41. The molecule has 3 rings (SSSR count). The summed E-state index contributed by atoms with van der Waals surface area (Å²) in [6.45, 7) is 4.64. The van der Waals surface area contributed by atoms with Crippen LogP contribution >= 0.6 is 11.3 Å². The third kappa shape index (κ3) is 5.17. The maximum Gasteiger partial charge on any atom is 0.188 e. The van der Waals surface area contributed by atoms with E-state index in [-0.39, 0.29) is 0 Å². The molecule has 0 fully saturated rings. The number of allylic oxidation sites excluding steroid dienone is 1. The summed E-state index contributed by atoms with van der Waals surface area (Å²) in [5.41, 5.74) is 3.14. The first-order valence-corrected chi connectivity index (χ1v) is 9.65. The highest BCUT2D eigenvalue weighted by Crippen LogP contribution is 2.29. The van der Waals surface area contributed by atoms with Crippen LogP contribution in [0.15, 0.2) is 54.1 Å². The summed E-state index contributed by atoms with van der Waals surface area (Å²) in [6.07, 6.45) is 8.28.